The van der Waals surface area contributed by atoms with Crippen LogP contribution in [0, 0.1) is 22.7 Å². The number of hydrogen-bond donors (Lipinski definition) is 0. The summed E-state index contributed by atoms with van der Waals surface area (Å²) in [4.78, 5) is 0. The van der Waals surface area contributed by atoms with Gasteiger partial charge in [-0.3, -0.25) is 0 Å². The molecule has 5 saturated carbocycles. The van der Waals surface area contributed by atoms with Crippen LogP contribution in [0.2, 0.25) is 0 Å². The van der Waals surface area contributed by atoms with Crippen LogP contribution in [-0.2, 0) is 0 Å². The largest absolute Gasteiger partial charge is 0.0490 e. The molecule has 0 heterocycles. The van der Waals surface area contributed by atoms with Gasteiger partial charge in [-0.2, -0.15) is 0 Å². The Labute approximate surface area is 49.3 Å². The first-order chi connectivity index (χ1) is 3.93. The van der Waals surface area contributed by atoms with Crippen molar-refractivity contribution in [1.82, 2.24) is 0 Å². The zero-order valence-electron chi connectivity index (χ0n) is 4.98. The van der Waals surface area contributed by atoms with Gasteiger partial charge < -0.3 is 0 Å². The molecule has 0 nitrogen and oxygen atoms in total. The van der Waals surface area contributed by atoms with Gasteiger partial charge in [0.05, 0.1) is 0 Å². The van der Waals surface area contributed by atoms with Crippen LogP contribution in [0.5, 0.6) is 0 Å². The van der Waals surface area contributed by atoms with E-state index in [4.69, 9.17) is 0 Å². The van der Waals surface area contributed by atoms with Crippen LogP contribution in [0.3, 0.4) is 0 Å². The molecule has 0 unspecified atom stereocenters. The van der Waals surface area contributed by atoms with Crippen molar-refractivity contribution in [2.45, 2.75) is 25.7 Å². The lowest BCUT2D eigenvalue weighted by Gasteiger charge is -2.03. The molecule has 5 fully saturated rings. The lowest BCUT2D eigenvalue weighted by Crippen LogP contribution is -1.93. The van der Waals surface area contributed by atoms with E-state index < -0.39 is 0 Å². The van der Waals surface area contributed by atoms with E-state index >= 15 is 0 Å². The highest BCUT2D eigenvalue weighted by atomic mass is 15.1. The van der Waals surface area contributed by atoms with E-state index in [1.165, 1.54) is 11.8 Å². The molecule has 0 amide bonds. The predicted octanol–water partition coefficient (Wildman–Crippen LogP) is 1.81. The molecule has 5 rings (SSSR count). The summed E-state index contributed by atoms with van der Waals surface area (Å²) in [6, 6.07) is 0. The van der Waals surface area contributed by atoms with Crippen molar-refractivity contribution < 1.29 is 0 Å². The van der Waals surface area contributed by atoms with Gasteiger partial charge in [-0.1, -0.05) is 0 Å². The molecule has 8 heavy (non-hydrogen) atoms. The lowest BCUT2D eigenvalue weighted by molar-refractivity contribution is 0.468. The van der Waals surface area contributed by atoms with Crippen LogP contribution in [0.15, 0.2) is 0 Å². The van der Waals surface area contributed by atoms with Crippen molar-refractivity contribution in [1.29, 1.82) is 0 Å². The SMILES string of the molecule is C1CC2C34CCC23C14. The van der Waals surface area contributed by atoms with E-state index in [0.717, 1.165) is 10.8 Å². The first-order valence-electron chi connectivity index (χ1n) is 3.93. The first kappa shape index (κ1) is 3.24. The van der Waals surface area contributed by atoms with Gasteiger partial charge >= 0.3 is 0 Å². The molecule has 5 aliphatic rings. The smallest absolute Gasteiger partial charge is 0.0167 e. The third-order valence-electron chi connectivity index (χ3n) is 4.88. The summed E-state index contributed by atoms with van der Waals surface area (Å²) in [5.74, 6) is 2.56. The topological polar surface area (TPSA) is 0 Å². The second-order valence-electron chi connectivity index (χ2n) is 4.26. The summed E-state index contributed by atoms with van der Waals surface area (Å²) in [7, 11) is 0. The third kappa shape index (κ3) is 0.0892. The first-order valence-corrected chi connectivity index (χ1v) is 3.93. The molecule has 42 valence electrons. The molecular weight excluding hydrogens is 96.1 g/mol. The van der Waals surface area contributed by atoms with Crippen LogP contribution in [0.25, 0.3) is 0 Å². The Balaban J connectivity index is 2.10. The Morgan fingerprint density at radius 1 is 0.875 bits per heavy atom. The zero-order valence-corrected chi connectivity index (χ0v) is 4.98. The van der Waals surface area contributed by atoms with Gasteiger partial charge in [0.25, 0.3) is 0 Å². The summed E-state index contributed by atoms with van der Waals surface area (Å²) in [6.07, 6.45) is 6.49. The fourth-order valence-electron chi connectivity index (χ4n) is 4.64. The highest BCUT2D eigenvalue weighted by Gasteiger charge is 3.03. The van der Waals surface area contributed by atoms with Crippen LogP contribution in [0.4, 0.5) is 0 Å². The third-order valence-corrected chi connectivity index (χ3v) is 4.88. The summed E-state index contributed by atoms with van der Waals surface area (Å²) in [5.41, 5.74) is 2.12. The fraction of sp³-hybridized carbons (Fsp3) is 1.00. The van der Waals surface area contributed by atoms with Crippen molar-refractivity contribution in [3.05, 3.63) is 0 Å². The van der Waals surface area contributed by atoms with E-state index in [2.05, 4.69) is 0 Å². The Hall–Kier alpha value is 0. The van der Waals surface area contributed by atoms with Crippen molar-refractivity contribution in [3.63, 3.8) is 0 Å². The molecule has 2 bridgehead atoms. The average molecular weight is 106 g/mol. The highest BCUT2D eigenvalue weighted by Crippen LogP contribution is 3.08. The van der Waals surface area contributed by atoms with Crippen LogP contribution in [-0.4, -0.2) is 0 Å². The Bertz CT molecular complexity index is 162. The van der Waals surface area contributed by atoms with Gasteiger partial charge in [0.1, 0.15) is 0 Å². The molecule has 0 atom stereocenters. The van der Waals surface area contributed by atoms with Gasteiger partial charge in [0.15, 0.2) is 0 Å². The molecule has 0 aromatic carbocycles. The van der Waals surface area contributed by atoms with Crippen molar-refractivity contribution in [2.75, 3.05) is 0 Å². The second kappa shape index (κ2) is 0.521. The maximum absolute atomic E-state index is 1.63. The molecule has 0 aliphatic heterocycles. The summed E-state index contributed by atoms with van der Waals surface area (Å²) < 4.78 is 0. The Morgan fingerprint density at radius 2 is 1.38 bits per heavy atom. The fourth-order valence-corrected chi connectivity index (χ4v) is 4.64. The molecule has 2 spiro atoms. The number of rotatable bonds is 0. The standard InChI is InChI=1S/C8H10/c1-2-6-7-3-4-8(6,7)5(1)7/h5-6H,1-4H2. The number of hydrogen-bond acceptors (Lipinski definition) is 0. The predicted molar refractivity (Wildman–Crippen MR) is 30.3 cm³/mol. The maximum atomic E-state index is 1.63. The van der Waals surface area contributed by atoms with E-state index in [0.29, 0.717) is 0 Å². The molecule has 5 aliphatic carbocycles. The van der Waals surface area contributed by atoms with Crippen molar-refractivity contribution >= 4 is 0 Å². The van der Waals surface area contributed by atoms with Crippen LogP contribution in [0.1, 0.15) is 25.7 Å². The Kier molecular flexibility index (Phi) is 0.211. The van der Waals surface area contributed by atoms with Gasteiger partial charge in [0, 0.05) is 0 Å². The highest BCUT2D eigenvalue weighted by molar-refractivity contribution is 5.50. The average Bonchev–Trinajstić information content (AvgIpc) is 2.28. The van der Waals surface area contributed by atoms with E-state index in [9.17, 15) is 0 Å². The summed E-state index contributed by atoms with van der Waals surface area (Å²) in [6.45, 7) is 0. The second-order valence-corrected chi connectivity index (χ2v) is 4.26. The summed E-state index contributed by atoms with van der Waals surface area (Å²) >= 11 is 0. The minimum absolute atomic E-state index is 1.06. The van der Waals surface area contributed by atoms with Gasteiger partial charge in [-0.25, -0.2) is 0 Å². The molecule has 0 aromatic rings. The van der Waals surface area contributed by atoms with E-state index in [1.54, 1.807) is 25.7 Å². The van der Waals surface area contributed by atoms with Crippen molar-refractivity contribution in [3.8, 4) is 0 Å². The summed E-state index contributed by atoms with van der Waals surface area (Å²) in [5, 5.41) is 0. The van der Waals surface area contributed by atoms with Crippen LogP contribution < -0.4 is 0 Å². The molecule has 0 N–H and O–H groups in total. The molecule has 0 radical (unpaired) electrons. The minimum Gasteiger partial charge on any atom is -0.0490 e. The Morgan fingerprint density at radius 3 is 1.62 bits per heavy atom. The van der Waals surface area contributed by atoms with Crippen LogP contribution >= 0.6 is 0 Å². The quantitative estimate of drug-likeness (QED) is 0.441. The maximum Gasteiger partial charge on any atom is -0.0167 e. The molecular formula is C8H10. The normalized spacial score (nSPS) is 87.0. The van der Waals surface area contributed by atoms with E-state index in [-0.39, 0.29) is 0 Å². The van der Waals surface area contributed by atoms with Crippen molar-refractivity contribution in [2.24, 2.45) is 22.7 Å². The number of fused-ring (bicyclic) bond motifs is 1. The monoisotopic (exact) mass is 106 g/mol. The van der Waals surface area contributed by atoms with Gasteiger partial charge in [-0.05, 0) is 48.3 Å². The van der Waals surface area contributed by atoms with E-state index in [1.807, 2.05) is 0 Å². The molecule has 0 heteroatoms. The van der Waals surface area contributed by atoms with Gasteiger partial charge in [-0.15, -0.1) is 0 Å². The van der Waals surface area contributed by atoms with Gasteiger partial charge in [0.2, 0.25) is 0 Å². The lowest BCUT2D eigenvalue weighted by atomic mass is 10.0. The molecule has 0 saturated heterocycles. The molecule has 0 aromatic heterocycles. The minimum atomic E-state index is 1.06. The zero-order chi connectivity index (χ0) is 4.98.